The lowest BCUT2D eigenvalue weighted by molar-refractivity contribution is -0.126. The Bertz CT molecular complexity index is 1120. The molecule has 158 valence electrons. The van der Waals surface area contributed by atoms with Crippen LogP contribution in [0.1, 0.15) is 48.1 Å². The van der Waals surface area contributed by atoms with Crippen LogP contribution in [0.25, 0.3) is 0 Å². The maximum Gasteiger partial charge on any atom is 0.285 e. The van der Waals surface area contributed by atoms with Crippen molar-refractivity contribution in [2.75, 3.05) is 13.1 Å². The monoisotopic (exact) mass is 425 g/mol. The third-order valence-electron chi connectivity index (χ3n) is 6.04. The second-order valence-corrected chi connectivity index (χ2v) is 9.81. The Morgan fingerprint density at radius 1 is 1.13 bits per heavy atom. The van der Waals surface area contributed by atoms with Crippen molar-refractivity contribution in [3.8, 4) is 0 Å². The van der Waals surface area contributed by atoms with Gasteiger partial charge in [0.1, 0.15) is 4.90 Å². The second kappa shape index (κ2) is 7.87. The molecule has 2 heterocycles. The Balaban J connectivity index is 1.40. The van der Waals surface area contributed by atoms with Gasteiger partial charge in [-0.2, -0.15) is 8.42 Å². The van der Waals surface area contributed by atoms with Gasteiger partial charge in [-0.15, -0.1) is 4.40 Å². The van der Waals surface area contributed by atoms with Crippen LogP contribution in [-0.2, 0) is 14.8 Å². The Morgan fingerprint density at radius 3 is 2.57 bits per heavy atom. The molecule has 30 heavy (non-hydrogen) atoms. The second-order valence-electron chi connectivity index (χ2n) is 8.24. The number of rotatable bonds is 3. The lowest BCUT2D eigenvalue weighted by Gasteiger charge is -2.33. The molecule has 0 aliphatic carbocycles. The van der Waals surface area contributed by atoms with E-state index in [1.807, 2.05) is 17.9 Å². The number of carbonyl (C=O) groups is 1. The van der Waals surface area contributed by atoms with Crippen molar-refractivity contribution in [2.24, 2.45) is 10.3 Å². The number of sulfonamides is 1. The largest absolute Gasteiger partial charge is 0.355 e. The number of amidine groups is 1. The minimum absolute atomic E-state index is 0.0494. The van der Waals surface area contributed by atoms with Crippen LogP contribution in [0, 0.1) is 19.8 Å². The van der Waals surface area contributed by atoms with Gasteiger partial charge in [0.15, 0.2) is 5.84 Å². The van der Waals surface area contributed by atoms with Gasteiger partial charge in [-0.25, -0.2) is 0 Å². The summed E-state index contributed by atoms with van der Waals surface area (Å²) in [5.41, 5.74) is 4.15. The standard InChI is InChI=1S/C23H27N3O3S/c1-15-8-9-16(2)20(14-15)17(3)24-23(27)18-10-12-26(13-11-18)22-19-6-4-5-7-21(19)30(28,29)25-22/h4-9,14,17-18H,10-13H2,1-3H3,(H,24,27). The molecule has 0 bridgehead atoms. The number of piperidine rings is 1. The highest BCUT2D eigenvalue weighted by Gasteiger charge is 2.34. The first-order valence-corrected chi connectivity index (χ1v) is 11.8. The maximum absolute atomic E-state index is 12.9. The Labute approximate surface area is 178 Å². The maximum atomic E-state index is 12.9. The van der Waals surface area contributed by atoms with Gasteiger partial charge in [-0.1, -0.05) is 35.9 Å². The molecule has 1 unspecified atom stereocenters. The number of likely N-dealkylation sites (tertiary alicyclic amines) is 1. The van der Waals surface area contributed by atoms with Gasteiger partial charge >= 0.3 is 0 Å². The van der Waals surface area contributed by atoms with Gasteiger partial charge in [0.2, 0.25) is 5.91 Å². The molecule has 6 nitrogen and oxygen atoms in total. The van der Waals surface area contributed by atoms with Crippen LogP contribution in [0.2, 0.25) is 0 Å². The first kappa shape index (κ1) is 20.6. The summed E-state index contributed by atoms with van der Waals surface area (Å²) in [7, 11) is -3.62. The number of aryl methyl sites for hydroxylation is 2. The fourth-order valence-corrected chi connectivity index (χ4v) is 5.53. The van der Waals surface area contributed by atoms with E-state index in [-0.39, 0.29) is 22.8 Å². The van der Waals surface area contributed by atoms with Gasteiger partial charge < -0.3 is 10.2 Å². The van der Waals surface area contributed by atoms with E-state index in [0.717, 1.165) is 5.56 Å². The molecule has 7 heteroatoms. The van der Waals surface area contributed by atoms with Crippen molar-refractivity contribution < 1.29 is 13.2 Å². The topological polar surface area (TPSA) is 78.8 Å². The summed E-state index contributed by atoms with van der Waals surface area (Å²) in [6.07, 6.45) is 1.35. The number of amides is 1. The molecule has 1 saturated heterocycles. The Hall–Kier alpha value is -2.67. The zero-order chi connectivity index (χ0) is 21.5. The Morgan fingerprint density at radius 2 is 1.83 bits per heavy atom. The first-order chi connectivity index (χ1) is 14.3. The number of carbonyl (C=O) groups excluding carboxylic acids is 1. The number of nitrogens with one attached hydrogen (secondary N) is 1. The zero-order valence-electron chi connectivity index (χ0n) is 17.6. The van der Waals surface area contributed by atoms with Crippen molar-refractivity contribution in [2.45, 2.75) is 44.6 Å². The molecule has 0 aromatic heterocycles. The Kier molecular flexibility index (Phi) is 5.40. The lowest BCUT2D eigenvalue weighted by atomic mass is 9.94. The highest BCUT2D eigenvalue weighted by molar-refractivity contribution is 7.90. The summed E-state index contributed by atoms with van der Waals surface area (Å²) in [5.74, 6) is 0.486. The lowest BCUT2D eigenvalue weighted by Crippen LogP contribution is -2.43. The SMILES string of the molecule is Cc1ccc(C)c(C(C)NC(=O)C2CCN(C3=NS(=O)(=O)c4ccccc43)CC2)c1. The summed E-state index contributed by atoms with van der Waals surface area (Å²) in [6.45, 7) is 7.35. The van der Waals surface area contributed by atoms with E-state index < -0.39 is 10.0 Å². The molecule has 2 aliphatic heterocycles. The number of fused-ring (bicyclic) bond motifs is 1. The third kappa shape index (κ3) is 3.86. The molecule has 4 rings (SSSR count). The fourth-order valence-electron chi connectivity index (χ4n) is 4.31. The van der Waals surface area contributed by atoms with Gasteiger partial charge in [-0.05, 0) is 56.9 Å². The third-order valence-corrected chi connectivity index (χ3v) is 7.36. The van der Waals surface area contributed by atoms with E-state index in [1.54, 1.807) is 18.2 Å². The predicted octanol–water partition coefficient (Wildman–Crippen LogP) is 3.34. The highest BCUT2D eigenvalue weighted by atomic mass is 32.2. The molecular weight excluding hydrogens is 398 g/mol. The first-order valence-electron chi connectivity index (χ1n) is 10.3. The highest BCUT2D eigenvalue weighted by Crippen LogP contribution is 2.30. The minimum atomic E-state index is -3.62. The van der Waals surface area contributed by atoms with Gasteiger partial charge in [0.05, 0.1) is 6.04 Å². The predicted molar refractivity (Wildman–Crippen MR) is 117 cm³/mol. The van der Waals surface area contributed by atoms with E-state index in [2.05, 4.69) is 41.8 Å². The normalized spacial score (nSPS) is 19.2. The van der Waals surface area contributed by atoms with Gasteiger partial charge in [0.25, 0.3) is 10.0 Å². The van der Waals surface area contributed by atoms with E-state index in [4.69, 9.17) is 0 Å². The molecule has 1 N–H and O–H groups in total. The summed E-state index contributed by atoms with van der Waals surface area (Å²) < 4.78 is 28.6. The van der Waals surface area contributed by atoms with Crippen LogP contribution < -0.4 is 5.32 Å². The molecule has 0 saturated carbocycles. The molecular formula is C23H27N3O3S. The van der Waals surface area contributed by atoms with Crippen molar-refractivity contribution >= 4 is 21.8 Å². The van der Waals surface area contributed by atoms with Crippen LogP contribution in [0.5, 0.6) is 0 Å². The van der Waals surface area contributed by atoms with Crippen LogP contribution >= 0.6 is 0 Å². The smallest absolute Gasteiger partial charge is 0.285 e. The molecule has 1 amide bonds. The van der Waals surface area contributed by atoms with Crippen molar-refractivity contribution in [3.05, 3.63) is 64.7 Å². The minimum Gasteiger partial charge on any atom is -0.355 e. The van der Waals surface area contributed by atoms with Crippen LogP contribution in [0.15, 0.2) is 51.8 Å². The molecule has 0 radical (unpaired) electrons. The molecule has 1 atom stereocenters. The van der Waals surface area contributed by atoms with Crippen molar-refractivity contribution in [1.82, 2.24) is 10.2 Å². The average Bonchev–Trinajstić information content (AvgIpc) is 3.01. The molecule has 2 aliphatic rings. The number of benzene rings is 2. The van der Waals surface area contributed by atoms with Crippen LogP contribution in [0.3, 0.4) is 0 Å². The van der Waals surface area contributed by atoms with Crippen molar-refractivity contribution in [1.29, 1.82) is 0 Å². The van der Waals surface area contributed by atoms with E-state index in [9.17, 15) is 13.2 Å². The van der Waals surface area contributed by atoms with Gasteiger partial charge in [0, 0.05) is 24.6 Å². The summed E-state index contributed by atoms with van der Waals surface area (Å²) in [4.78, 5) is 15.1. The summed E-state index contributed by atoms with van der Waals surface area (Å²) in [6, 6.07) is 13.2. The van der Waals surface area contributed by atoms with E-state index in [0.29, 0.717) is 37.3 Å². The van der Waals surface area contributed by atoms with Crippen LogP contribution in [0.4, 0.5) is 0 Å². The number of nitrogens with zero attached hydrogens (tertiary/aromatic N) is 2. The van der Waals surface area contributed by atoms with E-state index >= 15 is 0 Å². The molecule has 2 aromatic carbocycles. The molecule has 2 aromatic rings. The number of hydrogen-bond donors (Lipinski definition) is 1. The fraction of sp³-hybridized carbons (Fsp3) is 0.391. The van der Waals surface area contributed by atoms with Gasteiger partial charge in [-0.3, -0.25) is 4.79 Å². The molecule has 1 fully saturated rings. The van der Waals surface area contributed by atoms with Crippen molar-refractivity contribution in [3.63, 3.8) is 0 Å². The quantitative estimate of drug-likeness (QED) is 0.818. The number of hydrogen-bond acceptors (Lipinski definition) is 4. The van der Waals surface area contributed by atoms with Crippen LogP contribution in [-0.4, -0.2) is 38.2 Å². The summed E-state index contributed by atoms with van der Waals surface area (Å²) >= 11 is 0. The van der Waals surface area contributed by atoms with E-state index in [1.165, 1.54) is 11.1 Å². The summed E-state index contributed by atoms with van der Waals surface area (Å²) in [5, 5.41) is 3.16. The molecule has 0 spiro atoms. The average molecular weight is 426 g/mol. The zero-order valence-corrected chi connectivity index (χ0v) is 18.4.